The number of hydrogen-bond donors (Lipinski definition) is 0. The molecule has 36 heavy (non-hydrogen) atoms. The van der Waals surface area contributed by atoms with Crippen molar-refractivity contribution >= 4 is 5.97 Å². The lowest BCUT2D eigenvalue weighted by molar-refractivity contribution is -0.186. The molecule has 4 rings (SSSR count). The smallest absolute Gasteiger partial charge is 0.416 e. The number of alkyl halides is 6. The largest absolute Gasteiger partial charge is 0.430 e. The van der Waals surface area contributed by atoms with Gasteiger partial charge in [-0.15, -0.1) is 0 Å². The average Bonchev–Trinajstić information content (AvgIpc) is 2.84. The first-order valence-corrected chi connectivity index (χ1v) is 11.0. The molecule has 0 amide bonds. The first-order valence-electron chi connectivity index (χ1n) is 11.0. The van der Waals surface area contributed by atoms with Crippen LogP contribution in [0, 0.1) is 0 Å². The van der Waals surface area contributed by atoms with E-state index >= 15 is 0 Å². The Kier molecular flexibility index (Phi) is 7.37. The van der Waals surface area contributed by atoms with Gasteiger partial charge in [-0.25, -0.2) is 4.79 Å². The SMILES string of the molecule is O=C(OC1OCCN(Cc2ccccc2)C1c1ccccc1)c1cc(C(F)(F)F)cc(C(F)(F)F)c1. The van der Waals surface area contributed by atoms with E-state index in [0.29, 0.717) is 30.8 Å². The molecule has 0 N–H and O–H groups in total. The van der Waals surface area contributed by atoms with Gasteiger partial charge in [0.25, 0.3) is 0 Å². The highest BCUT2D eigenvalue weighted by atomic mass is 19.4. The van der Waals surface area contributed by atoms with Crippen molar-refractivity contribution in [2.45, 2.75) is 31.2 Å². The Bertz CT molecular complexity index is 1150. The van der Waals surface area contributed by atoms with Gasteiger partial charge in [0.2, 0.25) is 6.29 Å². The summed E-state index contributed by atoms with van der Waals surface area (Å²) in [6.07, 6.45) is -11.4. The molecule has 2 unspecified atom stereocenters. The molecule has 0 radical (unpaired) electrons. The van der Waals surface area contributed by atoms with Crippen LogP contribution in [0.4, 0.5) is 26.3 Å². The second-order valence-electron chi connectivity index (χ2n) is 8.25. The van der Waals surface area contributed by atoms with Gasteiger partial charge in [0.1, 0.15) is 0 Å². The zero-order chi connectivity index (χ0) is 25.9. The van der Waals surface area contributed by atoms with Gasteiger partial charge in [-0.2, -0.15) is 26.3 Å². The van der Waals surface area contributed by atoms with Gasteiger partial charge in [-0.1, -0.05) is 60.7 Å². The van der Waals surface area contributed by atoms with Crippen LogP contribution >= 0.6 is 0 Å². The fourth-order valence-corrected chi connectivity index (χ4v) is 4.05. The lowest BCUT2D eigenvalue weighted by atomic mass is 10.0. The van der Waals surface area contributed by atoms with Gasteiger partial charge in [-0.05, 0) is 29.3 Å². The summed E-state index contributed by atoms with van der Waals surface area (Å²) in [5.74, 6) is -1.35. The Morgan fingerprint density at radius 1 is 0.861 bits per heavy atom. The maximum Gasteiger partial charge on any atom is 0.416 e. The predicted octanol–water partition coefficient (Wildman–Crippen LogP) is 6.48. The summed E-state index contributed by atoms with van der Waals surface area (Å²) in [7, 11) is 0. The summed E-state index contributed by atoms with van der Waals surface area (Å²) in [5.41, 5.74) is -2.38. The average molecular weight is 509 g/mol. The number of carbonyl (C=O) groups excluding carboxylic acids is 1. The summed E-state index contributed by atoms with van der Waals surface area (Å²) >= 11 is 0. The highest BCUT2D eigenvalue weighted by molar-refractivity contribution is 5.90. The van der Waals surface area contributed by atoms with Crippen LogP contribution in [0.2, 0.25) is 0 Å². The third-order valence-electron chi connectivity index (χ3n) is 5.73. The van der Waals surface area contributed by atoms with Crippen LogP contribution in [0.1, 0.15) is 38.7 Å². The van der Waals surface area contributed by atoms with Gasteiger partial charge < -0.3 is 9.47 Å². The van der Waals surface area contributed by atoms with Crippen molar-refractivity contribution in [3.05, 3.63) is 107 Å². The van der Waals surface area contributed by atoms with Gasteiger partial charge in [0.15, 0.2) is 0 Å². The van der Waals surface area contributed by atoms with Gasteiger partial charge in [-0.3, -0.25) is 4.90 Å². The number of hydrogen-bond acceptors (Lipinski definition) is 4. The molecule has 0 spiro atoms. The van der Waals surface area contributed by atoms with E-state index in [1.165, 1.54) is 0 Å². The van der Waals surface area contributed by atoms with E-state index in [1.807, 2.05) is 35.2 Å². The number of halogens is 6. The van der Waals surface area contributed by atoms with Crippen molar-refractivity contribution < 1.29 is 40.6 Å². The fraction of sp³-hybridized carbons (Fsp3) is 0.269. The molecule has 0 saturated carbocycles. The van der Waals surface area contributed by atoms with E-state index in [2.05, 4.69) is 0 Å². The van der Waals surface area contributed by atoms with Crippen LogP contribution < -0.4 is 0 Å². The standard InChI is InChI=1S/C26H21F6NO3/c27-25(28,29)20-13-19(14-21(15-20)26(30,31)32)23(34)36-24-22(18-9-5-2-6-10-18)33(11-12-35-24)16-17-7-3-1-4-8-17/h1-10,13-15,22,24H,11-12,16H2. The zero-order valence-corrected chi connectivity index (χ0v) is 18.7. The summed E-state index contributed by atoms with van der Waals surface area (Å²) < 4.78 is 90.6. The molecule has 1 aliphatic heterocycles. The van der Waals surface area contributed by atoms with Crippen LogP contribution in [0.5, 0.6) is 0 Å². The summed E-state index contributed by atoms with van der Waals surface area (Å²) in [6.45, 7) is 1.06. The van der Waals surface area contributed by atoms with Crippen molar-refractivity contribution in [3.63, 3.8) is 0 Å². The van der Waals surface area contributed by atoms with Crippen molar-refractivity contribution in [2.24, 2.45) is 0 Å². The molecule has 3 aromatic carbocycles. The Labute approximate surface area is 203 Å². The van der Waals surface area contributed by atoms with E-state index in [9.17, 15) is 31.1 Å². The van der Waals surface area contributed by atoms with Crippen LogP contribution in [0.25, 0.3) is 0 Å². The van der Waals surface area contributed by atoms with Crippen LogP contribution in [-0.2, 0) is 28.4 Å². The van der Waals surface area contributed by atoms with E-state index in [1.54, 1.807) is 30.3 Å². The highest BCUT2D eigenvalue weighted by Gasteiger charge is 2.40. The molecular weight excluding hydrogens is 488 g/mol. The van der Waals surface area contributed by atoms with Crippen molar-refractivity contribution in [1.82, 2.24) is 4.90 Å². The number of esters is 1. The molecule has 1 aliphatic rings. The fourth-order valence-electron chi connectivity index (χ4n) is 4.05. The van der Waals surface area contributed by atoms with E-state index in [4.69, 9.17) is 9.47 Å². The van der Waals surface area contributed by atoms with Crippen molar-refractivity contribution in [1.29, 1.82) is 0 Å². The number of benzene rings is 3. The third-order valence-corrected chi connectivity index (χ3v) is 5.73. The third kappa shape index (κ3) is 6.06. The summed E-state index contributed by atoms with van der Waals surface area (Å²) in [5, 5.41) is 0. The van der Waals surface area contributed by atoms with Crippen LogP contribution in [0.3, 0.4) is 0 Å². The second kappa shape index (κ2) is 10.3. The Hall–Kier alpha value is -3.37. The second-order valence-corrected chi connectivity index (χ2v) is 8.25. The molecule has 3 aromatic rings. The summed E-state index contributed by atoms with van der Waals surface area (Å²) in [6, 6.07) is 18.3. The van der Waals surface area contributed by atoms with Crippen molar-refractivity contribution in [3.8, 4) is 0 Å². The molecule has 10 heteroatoms. The first kappa shape index (κ1) is 25.7. The summed E-state index contributed by atoms with van der Waals surface area (Å²) in [4.78, 5) is 14.8. The number of morpholine rings is 1. The topological polar surface area (TPSA) is 38.8 Å². The molecule has 0 aliphatic carbocycles. The first-order chi connectivity index (χ1) is 17.0. The molecule has 0 aromatic heterocycles. The molecule has 2 atom stereocenters. The quantitative estimate of drug-likeness (QED) is 0.292. The predicted molar refractivity (Wildman–Crippen MR) is 118 cm³/mol. The van der Waals surface area contributed by atoms with E-state index in [0.717, 1.165) is 5.56 Å². The molecular formula is C26H21F6NO3. The Morgan fingerprint density at radius 2 is 1.42 bits per heavy atom. The minimum absolute atomic E-state index is 0.0394. The minimum atomic E-state index is -5.09. The maximum absolute atomic E-state index is 13.2. The monoisotopic (exact) mass is 509 g/mol. The van der Waals surface area contributed by atoms with Crippen molar-refractivity contribution in [2.75, 3.05) is 13.2 Å². The molecule has 1 saturated heterocycles. The van der Waals surface area contributed by atoms with Crippen LogP contribution in [0.15, 0.2) is 78.9 Å². The lowest BCUT2D eigenvalue weighted by Crippen LogP contribution is -2.46. The van der Waals surface area contributed by atoms with Gasteiger partial charge >= 0.3 is 18.3 Å². The molecule has 190 valence electrons. The van der Waals surface area contributed by atoms with E-state index in [-0.39, 0.29) is 12.7 Å². The van der Waals surface area contributed by atoms with Crippen LogP contribution in [-0.4, -0.2) is 30.3 Å². The molecule has 1 heterocycles. The number of carbonyl (C=O) groups is 1. The number of rotatable bonds is 5. The Morgan fingerprint density at radius 3 is 1.97 bits per heavy atom. The molecule has 4 nitrogen and oxygen atoms in total. The zero-order valence-electron chi connectivity index (χ0n) is 18.7. The maximum atomic E-state index is 13.2. The normalized spacial score (nSPS) is 19.2. The van der Waals surface area contributed by atoms with E-state index < -0.39 is 47.3 Å². The molecule has 0 bridgehead atoms. The number of nitrogens with zero attached hydrogens (tertiary/aromatic N) is 1. The molecule has 1 fully saturated rings. The highest BCUT2D eigenvalue weighted by Crippen LogP contribution is 2.37. The number of ether oxygens (including phenoxy) is 2. The minimum Gasteiger partial charge on any atom is -0.430 e. The Balaban J connectivity index is 1.65. The lowest BCUT2D eigenvalue weighted by Gasteiger charge is -2.40. The van der Waals surface area contributed by atoms with Gasteiger partial charge in [0.05, 0.1) is 29.3 Å². The van der Waals surface area contributed by atoms with Gasteiger partial charge in [0, 0.05) is 13.1 Å².